The van der Waals surface area contributed by atoms with Crippen LogP contribution in [-0.4, -0.2) is 19.0 Å². The van der Waals surface area contributed by atoms with Gasteiger partial charge in [0.2, 0.25) is 0 Å². The summed E-state index contributed by atoms with van der Waals surface area (Å²) in [6.45, 7) is 4.17. The molecule has 0 saturated heterocycles. The van der Waals surface area contributed by atoms with Crippen LogP contribution < -0.4 is 0 Å². The van der Waals surface area contributed by atoms with Gasteiger partial charge in [-0.2, -0.15) is 0 Å². The van der Waals surface area contributed by atoms with Gasteiger partial charge in [-0.3, -0.25) is 0 Å². The summed E-state index contributed by atoms with van der Waals surface area (Å²) >= 11 is 0. The summed E-state index contributed by atoms with van der Waals surface area (Å²) in [6.07, 6.45) is 6.14. The lowest BCUT2D eigenvalue weighted by Crippen LogP contribution is -1.99. The van der Waals surface area contributed by atoms with E-state index in [1.807, 2.05) is 31.3 Å². The molecule has 0 aliphatic rings. The zero-order chi connectivity index (χ0) is 7.28. The van der Waals surface area contributed by atoms with Gasteiger partial charge in [-0.05, 0) is 26.1 Å². The molecule has 0 aromatic heterocycles. The first kappa shape index (κ1) is 8.28. The normalized spacial score (nSPS) is 9.78. The smallest absolute Gasteiger partial charge is 0.00556 e. The van der Waals surface area contributed by atoms with Gasteiger partial charge in [0.25, 0.3) is 0 Å². The molecule has 0 aromatic rings. The van der Waals surface area contributed by atoms with Crippen molar-refractivity contribution >= 4 is 0 Å². The van der Waals surface area contributed by atoms with E-state index in [1.165, 1.54) is 5.57 Å². The SMILES string of the molecule is CC(C)=CC=CN(C)C. The van der Waals surface area contributed by atoms with E-state index in [2.05, 4.69) is 19.9 Å². The Morgan fingerprint density at radius 2 is 1.78 bits per heavy atom. The largest absolute Gasteiger partial charge is 0.383 e. The molecular formula is C8H15N. The monoisotopic (exact) mass is 125 g/mol. The fraction of sp³-hybridized carbons (Fsp3) is 0.500. The highest BCUT2D eigenvalue weighted by Crippen LogP contribution is 1.88. The second-order valence-corrected chi connectivity index (χ2v) is 2.55. The Bertz CT molecular complexity index is 117. The number of nitrogens with zero attached hydrogens (tertiary/aromatic N) is 1. The number of hydrogen-bond donors (Lipinski definition) is 0. The van der Waals surface area contributed by atoms with E-state index < -0.39 is 0 Å². The molecule has 0 spiro atoms. The van der Waals surface area contributed by atoms with Gasteiger partial charge in [-0.1, -0.05) is 11.6 Å². The first-order valence-corrected chi connectivity index (χ1v) is 3.11. The van der Waals surface area contributed by atoms with Crippen molar-refractivity contribution < 1.29 is 0 Å². The molecule has 0 saturated carbocycles. The van der Waals surface area contributed by atoms with Gasteiger partial charge in [0.15, 0.2) is 0 Å². The van der Waals surface area contributed by atoms with Crippen LogP contribution in [0.15, 0.2) is 23.9 Å². The Morgan fingerprint density at radius 1 is 1.22 bits per heavy atom. The first-order chi connectivity index (χ1) is 4.13. The molecule has 0 fully saturated rings. The molecule has 1 heteroatoms. The van der Waals surface area contributed by atoms with Crippen LogP contribution in [0.4, 0.5) is 0 Å². The van der Waals surface area contributed by atoms with Gasteiger partial charge >= 0.3 is 0 Å². The molecule has 52 valence electrons. The van der Waals surface area contributed by atoms with Crippen molar-refractivity contribution in [3.05, 3.63) is 23.9 Å². The van der Waals surface area contributed by atoms with E-state index in [1.54, 1.807) is 0 Å². The molecule has 0 amide bonds. The van der Waals surface area contributed by atoms with Gasteiger partial charge in [-0.25, -0.2) is 0 Å². The minimum Gasteiger partial charge on any atom is -0.383 e. The number of hydrogen-bond acceptors (Lipinski definition) is 1. The molecule has 0 radical (unpaired) electrons. The Hall–Kier alpha value is -0.720. The fourth-order valence-corrected chi connectivity index (χ4v) is 0.408. The van der Waals surface area contributed by atoms with Crippen LogP contribution in [0, 0.1) is 0 Å². The lowest BCUT2D eigenvalue weighted by Gasteiger charge is -2.00. The second-order valence-electron chi connectivity index (χ2n) is 2.55. The summed E-state index contributed by atoms with van der Waals surface area (Å²) in [5.41, 5.74) is 1.33. The van der Waals surface area contributed by atoms with Gasteiger partial charge in [0, 0.05) is 14.1 Å². The summed E-state index contributed by atoms with van der Waals surface area (Å²) in [7, 11) is 4.02. The maximum atomic E-state index is 2.08. The number of allylic oxidation sites excluding steroid dienone is 3. The molecule has 9 heavy (non-hydrogen) atoms. The highest BCUT2D eigenvalue weighted by molar-refractivity contribution is 5.07. The molecule has 0 aliphatic heterocycles. The summed E-state index contributed by atoms with van der Waals surface area (Å²) in [4.78, 5) is 2.01. The van der Waals surface area contributed by atoms with Crippen LogP contribution in [0.25, 0.3) is 0 Å². The van der Waals surface area contributed by atoms with E-state index in [0.29, 0.717) is 0 Å². The Labute approximate surface area is 57.7 Å². The van der Waals surface area contributed by atoms with Crippen molar-refractivity contribution in [2.45, 2.75) is 13.8 Å². The van der Waals surface area contributed by atoms with Crippen molar-refractivity contribution in [1.82, 2.24) is 4.90 Å². The minimum absolute atomic E-state index is 1.33. The van der Waals surface area contributed by atoms with E-state index in [4.69, 9.17) is 0 Å². The standard InChI is InChI=1S/C8H15N/c1-8(2)6-5-7-9(3)4/h5-7H,1-4H3. The van der Waals surface area contributed by atoms with Gasteiger partial charge in [-0.15, -0.1) is 0 Å². The van der Waals surface area contributed by atoms with Crippen molar-refractivity contribution in [1.29, 1.82) is 0 Å². The summed E-state index contributed by atoms with van der Waals surface area (Å²) in [6, 6.07) is 0. The molecule has 1 nitrogen and oxygen atoms in total. The molecule has 0 unspecified atom stereocenters. The molecule has 0 heterocycles. The maximum Gasteiger partial charge on any atom is 0.00556 e. The van der Waals surface area contributed by atoms with E-state index in [-0.39, 0.29) is 0 Å². The van der Waals surface area contributed by atoms with Crippen LogP contribution in [0.5, 0.6) is 0 Å². The third kappa shape index (κ3) is 7.28. The zero-order valence-electron chi connectivity index (χ0n) is 6.68. The molecule has 0 atom stereocenters. The van der Waals surface area contributed by atoms with Crippen molar-refractivity contribution in [2.24, 2.45) is 0 Å². The summed E-state index contributed by atoms with van der Waals surface area (Å²) in [5, 5.41) is 0. The van der Waals surface area contributed by atoms with E-state index in [9.17, 15) is 0 Å². The van der Waals surface area contributed by atoms with Crippen LogP contribution in [0.3, 0.4) is 0 Å². The van der Waals surface area contributed by atoms with Crippen LogP contribution >= 0.6 is 0 Å². The Morgan fingerprint density at radius 3 is 2.11 bits per heavy atom. The predicted molar refractivity (Wildman–Crippen MR) is 42.3 cm³/mol. The molecule has 0 rings (SSSR count). The summed E-state index contributed by atoms with van der Waals surface area (Å²) < 4.78 is 0. The topological polar surface area (TPSA) is 3.24 Å². The number of rotatable bonds is 2. The predicted octanol–water partition coefficient (Wildman–Crippen LogP) is 2.03. The summed E-state index contributed by atoms with van der Waals surface area (Å²) in [5.74, 6) is 0. The highest BCUT2D eigenvalue weighted by Gasteiger charge is 1.72. The maximum absolute atomic E-state index is 2.08. The van der Waals surface area contributed by atoms with Crippen LogP contribution in [0.2, 0.25) is 0 Å². The zero-order valence-corrected chi connectivity index (χ0v) is 6.68. The molecule has 0 aliphatic carbocycles. The quantitative estimate of drug-likeness (QED) is 0.510. The van der Waals surface area contributed by atoms with E-state index in [0.717, 1.165) is 0 Å². The van der Waals surface area contributed by atoms with E-state index >= 15 is 0 Å². The van der Waals surface area contributed by atoms with Gasteiger partial charge in [0.1, 0.15) is 0 Å². The third-order valence-electron chi connectivity index (χ3n) is 0.814. The van der Waals surface area contributed by atoms with Crippen molar-refractivity contribution in [2.75, 3.05) is 14.1 Å². The van der Waals surface area contributed by atoms with Gasteiger partial charge in [0.05, 0.1) is 0 Å². The van der Waals surface area contributed by atoms with Crippen LogP contribution in [-0.2, 0) is 0 Å². The second kappa shape index (κ2) is 4.19. The lowest BCUT2D eigenvalue weighted by atomic mass is 10.3. The first-order valence-electron chi connectivity index (χ1n) is 3.11. The highest BCUT2D eigenvalue weighted by atomic mass is 15.0. The van der Waals surface area contributed by atoms with Gasteiger partial charge < -0.3 is 4.90 Å². The molecule has 0 N–H and O–H groups in total. The average Bonchev–Trinajstić information content (AvgIpc) is 1.63. The van der Waals surface area contributed by atoms with Crippen molar-refractivity contribution in [3.63, 3.8) is 0 Å². The Balaban J connectivity index is 3.60. The fourth-order valence-electron chi connectivity index (χ4n) is 0.408. The molecule has 0 bridgehead atoms. The average molecular weight is 125 g/mol. The Kier molecular flexibility index (Phi) is 3.85. The lowest BCUT2D eigenvalue weighted by molar-refractivity contribution is 0.564. The molecular weight excluding hydrogens is 110 g/mol. The van der Waals surface area contributed by atoms with Crippen molar-refractivity contribution in [3.8, 4) is 0 Å². The minimum atomic E-state index is 1.33. The third-order valence-corrected chi connectivity index (χ3v) is 0.814. The van der Waals surface area contributed by atoms with Crippen LogP contribution in [0.1, 0.15) is 13.8 Å². The molecule has 0 aromatic carbocycles.